The van der Waals surface area contributed by atoms with Gasteiger partial charge in [0, 0.05) is 19.2 Å². The molecule has 0 spiro atoms. The standard InChI is InChI=1S/C15H18F2N2O2/c1-3-19(4-2)14(21)15(7-8-15)13(20)18-12-6-5-10(16)9-11(12)17/h5-6,9H,3-4,7-8H2,1-2H3,(H,18,20). The van der Waals surface area contributed by atoms with Gasteiger partial charge in [0.05, 0.1) is 5.69 Å². The number of hydrogen-bond acceptors (Lipinski definition) is 2. The van der Waals surface area contributed by atoms with Crippen molar-refractivity contribution in [3.63, 3.8) is 0 Å². The molecule has 0 aliphatic heterocycles. The van der Waals surface area contributed by atoms with E-state index in [-0.39, 0.29) is 11.6 Å². The van der Waals surface area contributed by atoms with E-state index >= 15 is 0 Å². The lowest BCUT2D eigenvalue weighted by atomic mass is 10.0. The topological polar surface area (TPSA) is 49.4 Å². The fraction of sp³-hybridized carbons (Fsp3) is 0.467. The third-order valence-electron chi connectivity index (χ3n) is 3.82. The van der Waals surface area contributed by atoms with Crippen molar-refractivity contribution in [2.75, 3.05) is 18.4 Å². The molecule has 0 unspecified atom stereocenters. The van der Waals surface area contributed by atoms with Gasteiger partial charge in [-0.15, -0.1) is 0 Å². The predicted molar refractivity (Wildman–Crippen MR) is 74.6 cm³/mol. The molecule has 1 fully saturated rings. The summed E-state index contributed by atoms with van der Waals surface area (Å²) in [6, 6.07) is 2.91. The summed E-state index contributed by atoms with van der Waals surface area (Å²) in [7, 11) is 0. The molecule has 1 aromatic carbocycles. The van der Waals surface area contributed by atoms with Crippen LogP contribution in [0.15, 0.2) is 18.2 Å². The lowest BCUT2D eigenvalue weighted by molar-refractivity contribution is -0.141. The van der Waals surface area contributed by atoms with Crippen molar-refractivity contribution in [1.29, 1.82) is 0 Å². The second-order valence-electron chi connectivity index (χ2n) is 5.14. The van der Waals surface area contributed by atoms with Crippen LogP contribution in [0.1, 0.15) is 26.7 Å². The molecule has 0 atom stereocenters. The van der Waals surface area contributed by atoms with Crippen molar-refractivity contribution in [2.45, 2.75) is 26.7 Å². The zero-order valence-electron chi connectivity index (χ0n) is 12.1. The quantitative estimate of drug-likeness (QED) is 0.849. The van der Waals surface area contributed by atoms with Gasteiger partial charge in [0.1, 0.15) is 17.0 Å². The van der Waals surface area contributed by atoms with Crippen LogP contribution in [0.2, 0.25) is 0 Å². The molecule has 114 valence electrons. The Hall–Kier alpha value is -1.98. The molecule has 0 radical (unpaired) electrons. The Labute approximate surface area is 122 Å². The van der Waals surface area contributed by atoms with Gasteiger partial charge in [0.25, 0.3) is 0 Å². The Morgan fingerprint density at radius 3 is 2.33 bits per heavy atom. The summed E-state index contributed by atoms with van der Waals surface area (Å²) in [6.45, 7) is 4.73. The molecule has 1 aliphatic carbocycles. The number of nitrogens with one attached hydrogen (secondary N) is 1. The Morgan fingerprint density at radius 1 is 1.24 bits per heavy atom. The molecule has 1 aliphatic rings. The lowest BCUT2D eigenvalue weighted by Crippen LogP contribution is -2.42. The van der Waals surface area contributed by atoms with Crippen molar-refractivity contribution in [2.24, 2.45) is 5.41 Å². The van der Waals surface area contributed by atoms with Crippen molar-refractivity contribution in [3.8, 4) is 0 Å². The maximum Gasteiger partial charge on any atom is 0.240 e. The number of amides is 2. The monoisotopic (exact) mass is 296 g/mol. The third kappa shape index (κ3) is 2.89. The maximum absolute atomic E-state index is 13.6. The smallest absolute Gasteiger partial charge is 0.240 e. The normalized spacial score (nSPS) is 15.4. The minimum Gasteiger partial charge on any atom is -0.342 e. The minimum absolute atomic E-state index is 0.111. The van der Waals surface area contributed by atoms with E-state index in [1.54, 1.807) is 4.90 Å². The number of rotatable bonds is 5. The summed E-state index contributed by atoms with van der Waals surface area (Å²) in [6.07, 6.45) is 0.911. The molecule has 0 aromatic heterocycles. The Kier molecular flexibility index (Phi) is 4.25. The van der Waals surface area contributed by atoms with Gasteiger partial charge in [0.2, 0.25) is 11.8 Å². The molecule has 4 nitrogen and oxygen atoms in total. The average Bonchev–Trinajstić information content (AvgIpc) is 3.24. The number of carbonyl (C=O) groups is 2. The summed E-state index contributed by atoms with van der Waals surface area (Å²) in [4.78, 5) is 26.3. The first-order chi connectivity index (χ1) is 9.94. The van der Waals surface area contributed by atoms with Crippen LogP contribution in [0.3, 0.4) is 0 Å². The van der Waals surface area contributed by atoms with E-state index < -0.39 is 23.0 Å². The molecule has 0 bridgehead atoms. The van der Waals surface area contributed by atoms with E-state index in [1.165, 1.54) is 0 Å². The van der Waals surface area contributed by atoms with Gasteiger partial charge in [-0.1, -0.05) is 0 Å². The Bertz CT molecular complexity index is 567. The van der Waals surface area contributed by atoms with Gasteiger partial charge in [0.15, 0.2) is 0 Å². The van der Waals surface area contributed by atoms with Crippen molar-refractivity contribution in [3.05, 3.63) is 29.8 Å². The number of hydrogen-bond donors (Lipinski definition) is 1. The number of halogens is 2. The Morgan fingerprint density at radius 2 is 1.86 bits per heavy atom. The summed E-state index contributed by atoms with van der Waals surface area (Å²) in [5.74, 6) is -2.32. The zero-order valence-corrected chi connectivity index (χ0v) is 12.1. The molecule has 2 rings (SSSR count). The molecular formula is C15H18F2N2O2. The number of anilines is 1. The highest BCUT2D eigenvalue weighted by atomic mass is 19.1. The summed E-state index contributed by atoms with van der Waals surface area (Å²) >= 11 is 0. The first-order valence-corrected chi connectivity index (χ1v) is 7.00. The zero-order chi connectivity index (χ0) is 15.6. The third-order valence-corrected chi connectivity index (χ3v) is 3.82. The van der Waals surface area contributed by atoms with Gasteiger partial charge in [-0.2, -0.15) is 0 Å². The molecule has 1 aromatic rings. The number of benzene rings is 1. The molecular weight excluding hydrogens is 278 g/mol. The van der Waals surface area contributed by atoms with Gasteiger partial charge in [-0.3, -0.25) is 9.59 Å². The summed E-state index contributed by atoms with van der Waals surface area (Å²) < 4.78 is 26.4. The van der Waals surface area contributed by atoms with E-state index in [0.29, 0.717) is 32.0 Å². The van der Waals surface area contributed by atoms with Crippen LogP contribution in [-0.2, 0) is 9.59 Å². The maximum atomic E-state index is 13.6. The van der Waals surface area contributed by atoms with Crippen molar-refractivity contribution < 1.29 is 18.4 Å². The second-order valence-corrected chi connectivity index (χ2v) is 5.14. The average molecular weight is 296 g/mol. The highest BCUT2D eigenvalue weighted by Crippen LogP contribution is 2.48. The van der Waals surface area contributed by atoms with Crippen LogP contribution < -0.4 is 5.32 Å². The van der Waals surface area contributed by atoms with E-state index in [2.05, 4.69) is 5.32 Å². The van der Waals surface area contributed by atoms with Gasteiger partial charge < -0.3 is 10.2 Å². The molecule has 1 saturated carbocycles. The van der Waals surface area contributed by atoms with Gasteiger partial charge >= 0.3 is 0 Å². The first kappa shape index (κ1) is 15.4. The number of carbonyl (C=O) groups excluding carboxylic acids is 2. The van der Waals surface area contributed by atoms with Crippen LogP contribution in [0.25, 0.3) is 0 Å². The van der Waals surface area contributed by atoms with E-state index in [0.717, 1.165) is 12.1 Å². The van der Waals surface area contributed by atoms with Crippen LogP contribution in [0.4, 0.5) is 14.5 Å². The van der Waals surface area contributed by atoms with E-state index in [4.69, 9.17) is 0 Å². The molecule has 2 amide bonds. The van der Waals surface area contributed by atoms with Gasteiger partial charge in [-0.25, -0.2) is 8.78 Å². The van der Waals surface area contributed by atoms with Crippen molar-refractivity contribution >= 4 is 17.5 Å². The van der Waals surface area contributed by atoms with Crippen LogP contribution in [0.5, 0.6) is 0 Å². The fourth-order valence-electron chi connectivity index (χ4n) is 2.31. The molecule has 1 N–H and O–H groups in total. The second kappa shape index (κ2) is 5.79. The van der Waals surface area contributed by atoms with Crippen LogP contribution in [0, 0.1) is 17.0 Å². The van der Waals surface area contributed by atoms with Crippen LogP contribution in [-0.4, -0.2) is 29.8 Å². The predicted octanol–water partition coefficient (Wildman–Crippen LogP) is 2.55. The lowest BCUT2D eigenvalue weighted by Gasteiger charge is -2.24. The highest BCUT2D eigenvalue weighted by Gasteiger charge is 2.57. The SMILES string of the molecule is CCN(CC)C(=O)C1(C(=O)Nc2ccc(F)cc2F)CC1. The van der Waals surface area contributed by atoms with Crippen LogP contribution >= 0.6 is 0 Å². The summed E-state index contributed by atoms with van der Waals surface area (Å²) in [5.41, 5.74) is -1.20. The van der Waals surface area contributed by atoms with E-state index in [1.807, 2.05) is 13.8 Å². The molecule has 0 heterocycles. The highest BCUT2D eigenvalue weighted by molar-refractivity contribution is 6.13. The largest absolute Gasteiger partial charge is 0.342 e. The molecule has 0 saturated heterocycles. The van der Waals surface area contributed by atoms with Gasteiger partial charge in [-0.05, 0) is 38.8 Å². The summed E-state index contributed by atoms with van der Waals surface area (Å²) in [5, 5.41) is 2.40. The Balaban J connectivity index is 2.14. The number of nitrogens with zero attached hydrogens (tertiary/aromatic N) is 1. The van der Waals surface area contributed by atoms with E-state index in [9.17, 15) is 18.4 Å². The minimum atomic E-state index is -1.09. The first-order valence-electron chi connectivity index (χ1n) is 7.00. The fourth-order valence-corrected chi connectivity index (χ4v) is 2.31. The molecule has 6 heteroatoms. The molecule has 21 heavy (non-hydrogen) atoms. The van der Waals surface area contributed by atoms with Crippen molar-refractivity contribution in [1.82, 2.24) is 4.90 Å².